The highest BCUT2D eigenvalue weighted by Gasteiger charge is 2.14. The van der Waals surface area contributed by atoms with E-state index in [0.717, 1.165) is 37.0 Å². The maximum Gasteiger partial charge on any atom is 0.192 e. The Morgan fingerprint density at radius 3 is 2.67 bits per heavy atom. The van der Waals surface area contributed by atoms with Gasteiger partial charge in [-0.2, -0.15) is 0 Å². The summed E-state index contributed by atoms with van der Waals surface area (Å²) in [6.07, 6.45) is 4.42. The second-order valence-corrected chi connectivity index (χ2v) is 7.77. The molecule has 0 spiro atoms. The smallest absolute Gasteiger partial charge is 0.192 e. The van der Waals surface area contributed by atoms with Crippen molar-refractivity contribution in [3.05, 3.63) is 53.7 Å². The molecular formula is C23H35IN6. The van der Waals surface area contributed by atoms with Crippen molar-refractivity contribution in [2.75, 3.05) is 43.5 Å². The number of anilines is 2. The van der Waals surface area contributed by atoms with Crippen LogP contribution in [0.25, 0.3) is 0 Å². The quantitative estimate of drug-likeness (QED) is 0.325. The van der Waals surface area contributed by atoms with Crippen LogP contribution in [-0.2, 0) is 6.54 Å². The fourth-order valence-electron chi connectivity index (χ4n) is 3.55. The Morgan fingerprint density at radius 2 is 1.97 bits per heavy atom. The molecule has 0 aliphatic carbocycles. The molecule has 164 valence electrons. The van der Waals surface area contributed by atoms with E-state index in [1.165, 1.54) is 24.1 Å². The van der Waals surface area contributed by atoms with Gasteiger partial charge in [0.2, 0.25) is 0 Å². The molecule has 1 saturated heterocycles. The molecule has 6 nitrogen and oxygen atoms in total. The third kappa shape index (κ3) is 6.75. The van der Waals surface area contributed by atoms with E-state index in [0.29, 0.717) is 6.54 Å². The summed E-state index contributed by atoms with van der Waals surface area (Å²) in [5.41, 5.74) is 3.74. The number of hydrogen-bond acceptors (Lipinski definition) is 4. The number of hydrogen-bond donors (Lipinski definition) is 2. The van der Waals surface area contributed by atoms with Crippen molar-refractivity contribution < 1.29 is 0 Å². The predicted octanol–water partition coefficient (Wildman–Crippen LogP) is 4.18. The van der Waals surface area contributed by atoms with Gasteiger partial charge in [0.15, 0.2) is 5.96 Å². The summed E-state index contributed by atoms with van der Waals surface area (Å²) in [7, 11) is 4.00. The van der Waals surface area contributed by atoms with Crippen molar-refractivity contribution in [1.29, 1.82) is 0 Å². The van der Waals surface area contributed by atoms with Gasteiger partial charge in [0.1, 0.15) is 5.82 Å². The van der Waals surface area contributed by atoms with Crippen LogP contribution in [0.15, 0.2) is 47.6 Å². The summed E-state index contributed by atoms with van der Waals surface area (Å²) in [6.45, 7) is 8.04. The maximum atomic E-state index is 4.79. The van der Waals surface area contributed by atoms with Crippen molar-refractivity contribution in [2.24, 2.45) is 4.99 Å². The molecule has 3 rings (SSSR count). The minimum atomic E-state index is 0. The first-order valence-corrected chi connectivity index (χ1v) is 10.6. The van der Waals surface area contributed by atoms with Gasteiger partial charge in [0, 0.05) is 45.6 Å². The van der Waals surface area contributed by atoms with E-state index >= 15 is 0 Å². The van der Waals surface area contributed by atoms with Crippen molar-refractivity contribution in [2.45, 2.75) is 39.3 Å². The molecule has 1 aliphatic rings. The Kier molecular flexibility index (Phi) is 9.68. The zero-order chi connectivity index (χ0) is 20.6. The molecule has 0 radical (unpaired) electrons. The number of benzene rings is 1. The first-order valence-electron chi connectivity index (χ1n) is 10.6. The number of guanidine groups is 1. The highest BCUT2D eigenvalue weighted by molar-refractivity contribution is 14.0. The monoisotopic (exact) mass is 522 g/mol. The fraction of sp³-hybridized carbons (Fsp3) is 0.478. The lowest BCUT2D eigenvalue weighted by Gasteiger charge is -2.22. The molecule has 0 saturated carbocycles. The van der Waals surface area contributed by atoms with Gasteiger partial charge < -0.3 is 20.4 Å². The number of rotatable bonds is 7. The number of nitrogens with one attached hydrogen (secondary N) is 2. The van der Waals surface area contributed by atoms with Crippen molar-refractivity contribution >= 4 is 41.4 Å². The number of aromatic nitrogens is 1. The Labute approximate surface area is 198 Å². The molecule has 2 heterocycles. The second-order valence-electron chi connectivity index (χ2n) is 7.77. The molecule has 1 atom stereocenters. The van der Waals surface area contributed by atoms with Crippen molar-refractivity contribution in [3.63, 3.8) is 0 Å². The van der Waals surface area contributed by atoms with Crippen LogP contribution in [0.5, 0.6) is 0 Å². The lowest BCUT2D eigenvalue weighted by Crippen LogP contribution is -2.38. The highest BCUT2D eigenvalue weighted by atomic mass is 127. The van der Waals surface area contributed by atoms with Crippen LogP contribution in [0.3, 0.4) is 0 Å². The van der Waals surface area contributed by atoms with Gasteiger partial charge in [-0.25, -0.2) is 9.98 Å². The van der Waals surface area contributed by atoms with Crippen LogP contribution in [0.1, 0.15) is 43.9 Å². The number of pyridine rings is 1. The summed E-state index contributed by atoms with van der Waals surface area (Å²) in [5.74, 6) is 1.78. The molecule has 1 aliphatic heterocycles. The minimum Gasteiger partial charge on any atom is -0.372 e. The topological polar surface area (TPSA) is 55.8 Å². The van der Waals surface area contributed by atoms with Crippen molar-refractivity contribution in [1.82, 2.24) is 15.6 Å². The third-order valence-corrected chi connectivity index (χ3v) is 5.23. The van der Waals surface area contributed by atoms with E-state index in [9.17, 15) is 0 Å². The van der Waals surface area contributed by atoms with E-state index in [-0.39, 0.29) is 30.0 Å². The minimum absolute atomic E-state index is 0. The second kappa shape index (κ2) is 12.0. The van der Waals surface area contributed by atoms with E-state index in [2.05, 4.69) is 64.7 Å². The van der Waals surface area contributed by atoms with Crippen LogP contribution in [0, 0.1) is 0 Å². The summed E-state index contributed by atoms with van der Waals surface area (Å²) in [4.78, 5) is 13.6. The molecule has 1 unspecified atom stereocenters. The van der Waals surface area contributed by atoms with Crippen LogP contribution in [-0.4, -0.2) is 44.7 Å². The number of aliphatic imine (C=N–C) groups is 1. The normalized spacial score (nSPS) is 14.8. The number of nitrogens with zero attached hydrogens (tertiary/aromatic N) is 4. The number of halogens is 1. The van der Waals surface area contributed by atoms with Gasteiger partial charge in [0.05, 0.1) is 12.6 Å². The lowest BCUT2D eigenvalue weighted by molar-refractivity contribution is 0.686. The van der Waals surface area contributed by atoms with E-state index < -0.39 is 0 Å². The van der Waals surface area contributed by atoms with E-state index in [1.54, 1.807) is 0 Å². The van der Waals surface area contributed by atoms with Gasteiger partial charge in [0.25, 0.3) is 0 Å². The Bertz CT molecular complexity index is 817. The third-order valence-electron chi connectivity index (χ3n) is 5.23. The van der Waals surface area contributed by atoms with Crippen LogP contribution in [0.4, 0.5) is 11.5 Å². The Balaban J connectivity index is 0.00000320. The van der Waals surface area contributed by atoms with Gasteiger partial charge in [-0.3, -0.25) is 0 Å². The maximum absolute atomic E-state index is 4.79. The molecule has 1 aromatic carbocycles. The Morgan fingerprint density at radius 1 is 1.20 bits per heavy atom. The van der Waals surface area contributed by atoms with Gasteiger partial charge in [-0.05, 0) is 62.1 Å². The zero-order valence-corrected chi connectivity index (χ0v) is 20.9. The van der Waals surface area contributed by atoms with Crippen LogP contribution >= 0.6 is 24.0 Å². The molecule has 2 aromatic rings. The SMILES string of the molecule is CCNC(=NCc1ccnc(N(C)C)c1)NC(C)c1cccc(N2CCCC2)c1.I. The van der Waals surface area contributed by atoms with Crippen LogP contribution < -0.4 is 20.4 Å². The largest absolute Gasteiger partial charge is 0.372 e. The van der Waals surface area contributed by atoms with E-state index in [1.807, 2.05) is 31.3 Å². The first-order chi connectivity index (χ1) is 14.1. The van der Waals surface area contributed by atoms with Crippen molar-refractivity contribution in [3.8, 4) is 0 Å². The first kappa shape index (κ1) is 24.2. The zero-order valence-electron chi connectivity index (χ0n) is 18.6. The summed E-state index contributed by atoms with van der Waals surface area (Å²) >= 11 is 0. The average molecular weight is 522 g/mol. The van der Waals surface area contributed by atoms with E-state index in [4.69, 9.17) is 4.99 Å². The molecule has 1 fully saturated rings. The molecule has 0 bridgehead atoms. The van der Waals surface area contributed by atoms with Gasteiger partial charge in [-0.15, -0.1) is 24.0 Å². The molecule has 0 amide bonds. The Hall–Kier alpha value is -2.03. The average Bonchev–Trinajstić information content (AvgIpc) is 3.27. The fourth-order valence-corrected chi connectivity index (χ4v) is 3.55. The van der Waals surface area contributed by atoms with Gasteiger partial charge >= 0.3 is 0 Å². The standard InChI is InChI=1S/C23H34N6.HI/c1-5-24-23(26-17-19-11-12-25-22(15-19)28(3)4)27-18(2)20-9-8-10-21(16-20)29-13-6-7-14-29;/h8-12,15-16,18H,5-7,13-14,17H2,1-4H3,(H2,24,26,27);1H. The van der Waals surface area contributed by atoms with Crippen LogP contribution in [0.2, 0.25) is 0 Å². The molecule has 2 N–H and O–H groups in total. The molecule has 30 heavy (non-hydrogen) atoms. The highest BCUT2D eigenvalue weighted by Crippen LogP contribution is 2.24. The predicted molar refractivity (Wildman–Crippen MR) is 138 cm³/mol. The molecular weight excluding hydrogens is 487 g/mol. The lowest BCUT2D eigenvalue weighted by atomic mass is 10.1. The molecule has 1 aromatic heterocycles. The summed E-state index contributed by atoms with van der Waals surface area (Å²) in [5, 5.41) is 6.92. The summed E-state index contributed by atoms with van der Waals surface area (Å²) in [6, 6.07) is 13.1. The summed E-state index contributed by atoms with van der Waals surface area (Å²) < 4.78 is 0. The molecule has 7 heteroatoms. The van der Waals surface area contributed by atoms with Gasteiger partial charge in [-0.1, -0.05) is 12.1 Å².